The van der Waals surface area contributed by atoms with E-state index in [4.69, 9.17) is 5.73 Å². The molecule has 0 aromatic heterocycles. The predicted molar refractivity (Wildman–Crippen MR) is 74.5 cm³/mol. The smallest absolute Gasteiger partial charge is 0.124 e. The minimum atomic E-state index is -0.232. The Bertz CT molecular complexity index is 531. The van der Waals surface area contributed by atoms with E-state index in [1.165, 1.54) is 12.1 Å². The summed E-state index contributed by atoms with van der Waals surface area (Å²) in [5.41, 5.74) is 7.68. The lowest BCUT2D eigenvalue weighted by Gasteiger charge is -2.06. The van der Waals surface area contributed by atoms with Crippen molar-refractivity contribution in [3.05, 3.63) is 58.3 Å². The van der Waals surface area contributed by atoms with Crippen LogP contribution in [0.2, 0.25) is 0 Å². The third kappa shape index (κ3) is 3.23. The van der Waals surface area contributed by atoms with E-state index >= 15 is 0 Å². The Balaban J connectivity index is 2.10. The van der Waals surface area contributed by atoms with E-state index in [1.54, 1.807) is 17.8 Å². The van der Waals surface area contributed by atoms with Crippen LogP contribution in [0.4, 0.5) is 10.1 Å². The summed E-state index contributed by atoms with van der Waals surface area (Å²) in [6.45, 7) is 0. The van der Waals surface area contributed by atoms with Crippen molar-refractivity contribution in [2.75, 3.05) is 5.73 Å². The zero-order chi connectivity index (χ0) is 12.3. The van der Waals surface area contributed by atoms with Crippen molar-refractivity contribution in [3.8, 4) is 0 Å². The number of rotatable bonds is 3. The summed E-state index contributed by atoms with van der Waals surface area (Å²) in [7, 11) is 0. The molecule has 1 nitrogen and oxygen atoms in total. The Morgan fingerprint density at radius 3 is 2.65 bits per heavy atom. The number of hydrogen-bond acceptors (Lipinski definition) is 2. The fraction of sp³-hybridized carbons (Fsp3) is 0.0769. The van der Waals surface area contributed by atoms with Gasteiger partial charge in [0.05, 0.1) is 0 Å². The average molecular weight is 312 g/mol. The monoisotopic (exact) mass is 311 g/mol. The van der Waals surface area contributed by atoms with Crippen LogP contribution in [0, 0.1) is 5.82 Å². The fourth-order valence-electron chi connectivity index (χ4n) is 1.41. The molecule has 0 spiro atoms. The van der Waals surface area contributed by atoms with Crippen LogP contribution in [0.1, 0.15) is 5.56 Å². The van der Waals surface area contributed by atoms with E-state index < -0.39 is 0 Å². The van der Waals surface area contributed by atoms with Gasteiger partial charge in [0.1, 0.15) is 5.82 Å². The van der Waals surface area contributed by atoms with E-state index in [0.29, 0.717) is 0 Å². The molecule has 2 N–H and O–H groups in total. The van der Waals surface area contributed by atoms with Gasteiger partial charge in [-0.1, -0.05) is 34.1 Å². The molecule has 0 atom stereocenters. The Morgan fingerprint density at radius 2 is 1.94 bits per heavy atom. The molecule has 0 saturated carbocycles. The van der Waals surface area contributed by atoms with Gasteiger partial charge in [0.2, 0.25) is 0 Å². The number of benzene rings is 2. The van der Waals surface area contributed by atoms with Crippen molar-refractivity contribution >= 4 is 33.4 Å². The average Bonchev–Trinajstić information content (AvgIpc) is 2.30. The second-order valence-electron chi connectivity index (χ2n) is 3.56. The Labute approximate surface area is 112 Å². The van der Waals surface area contributed by atoms with Gasteiger partial charge >= 0.3 is 0 Å². The summed E-state index contributed by atoms with van der Waals surface area (Å²) in [5.74, 6) is 0.527. The van der Waals surface area contributed by atoms with Crippen LogP contribution in [-0.4, -0.2) is 0 Å². The van der Waals surface area contributed by atoms with Crippen LogP contribution in [0.5, 0.6) is 0 Å². The molecule has 17 heavy (non-hydrogen) atoms. The van der Waals surface area contributed by atoms with Crippen molar-refractivity contribution in [1.29, 1.82) is 0 Å². The maximum absolute atomic E-state index is 12.9. The molecule has 0 aliphatic rings. The number of anilines is 1. The van der Waals surface area contributed by atoms with Crippen molar-refractivity contribution in [1.82, 2.24) is 0 Å². The topological polar surface area (TPSA) is 26.0 Å². The summed E-state index contributed by atoms with van der Waals surface area (Å²) >= 11 is 5.00. The molecule has 0 aliphatic carbocycles. The maximum atomic E-state index is 12.9. The van der Waals surface area contributed by atoms with Gasteiger partial charge in [-0.25, -0.2) is 4.39 Å². The number of thioether (sulfide) groups is 1. The molecule has 88 valence electrons. The van der Waals surface area contributed by atoms with Crippen molar-refractivity contribution in [3.63, 3.8) is 0 Å². The molecule has 0 saturated heterocycles. The first-order valence-electron chi connectivity index (χ1n) is 5.08. The number of para-hydroxylation sites is 1. The first-order chi connectivity index (χ1) is 8.16. The number of nitrogen functional groups attached to an aromatic ring is 1. The molecule has 2 rings (SSSR count). The molecule has 2 aromatic carbocycles. The zero-order valence-corrected chi connectivity index (χ0v) is 11.4. The minimum Gasteiger partial charge on any atom is -0.398 e. The highest BCUT2D eigenvalue weighted by molar-refractivity contribution is 9.10. The first kappa shape index (κ1) is 12.5. The third-order valence-corrected chi connectivity index (χ3v) is 4.19. The number of nitrogens with two attached hydrogens (primary N) is 1. The maximum Gasteiger partial charge on any atom is 0.124 e. The molecular formula is C13H11BrFNS. The van der Waals surface area contributed by atoms with Gasteiger partial charge in [0, 0.05) is 20.8 Å². The summed E-state index contributed by atoms with van der Waals surface area (Å²) in [6.07, 6.45) is 0. The molecule has 4 heteroatoms. The van der Waals surface area contributed by atoms with E-state index in [9.17, 15) is 4.39 Å². The van der Waals surface area contributed by atoms with Gasteiger partial charge in [-0.2, -0.15) is 0 Å². The number of halogens is 2. The number of hydrogen-bond donors (Lipinski definition) is 1. The highest BCUT2D eigenvalue weighted by atomic mass is 79.9. The summed E-state index contributed by atoms with van der Waals surface area (Å²) in [4.78, 5) is 1.05. The minimum absolute atomic E-state index is 0.232. The Hall–Kier alpha value is -1.00. The van der Waals surface area contributed by atoms with E-state index in [1.807, 2.05) is 24.3 Å². The summed E-state index contributed by atoms with van der Waals surface area (Å²) < 4.78 is 13.7. The van der Waals surface area contributed by atoms with Gasteiger partial charge in [0.15, 0.2) is 0 Å². The van der Waals surface area contributed by atoms with E-state index in [-0.39, 0.29) is 5.82 Å². The lowest BCUT2D eigenvalue weighted by molar-refractivity contribution is 0.626. The molecular weight excluding hydrogens is 301 g/mol. The largest absolute Gasteiger partial charge is 0.398 e. The fourth-order valence-corrected chi connectivity index (χ4v) is 3.06. The first-order valence-corrected chi connectivity index (χ1v) is 6.86. The molecule has 0 bridgehead atoms. The highest BCUT2D eigenvalue weighted by Crippen LogP contribution is 2.30. The molecule has 0 fully saturated rings. The van der Waals surface area contributed by atoms with Crippen LogP contribution in [-0.2, 0) is 5.75 Å². The van der Waals surface area contributed by atoms with Gasteiger partial charge < -0.3 is 5.73 Å². The highest BCUT2D eigenvalue weighted by Gasteiger charge is 2.04. The Morgan fingerprint density at radius 1 is 1.18 bits per heavy atom. The second kappa shape index (κ2) is 5.56. The lowest BCUT2D eigenvalue weighted by atomic mass is 10.2. The van der Waals surface area contributed by atoms with Gasteiger partial charge in [-0.15, -0.1) is 11.8 Å². The van der Waals surface area contributed by atoms with Crippen LogP contribution >= 0.6 is 27.7 Å². The molecule has 0 radical (unpaired) electrons. The Kier molecular flexibility index (Phi) is 4.07. The summed E-state index contributed by atoms with van der Waals surface area (Å²) in [6, 6.07) is 12.5. The SMILES string of the molecule is Nc1ccccc1SCc1ccc(F)cc1Br. The van der Waals surface area contributed by atoms with E-state index in [2.05, 4.69) is 15.9 Å². The van der Waals surface area contributed by atoms with Crippen LogP contribution in [0.3, 0.4) is 0 Å². The molecule has 0 amide bonds. The van der Waals surface area contributed by atoms with Gasteiger partial charge in [-0.3, -0.25) is 0 Å². The van der Waals surface area contributed by atoms with Crippen molar-refractivity contribution in [2.45, 2.75) is 10.6 Å². The van der Waals surface area contributed by atoms with Crippen molar-refractivity contribution < 1.29 is 4.39 Å². The quantitative estimate of drug-likeness (QED) is 0.669. The molecule has 2 aromatic rings. The molecule has 0 unspecified atom stereocenters. The third-order valence-electron chi connectivity index (χ3n) is 2.32. The summed E-state index contributed by atoms with van der Waals surface area (Å²) in [5, 5.41) is 0. The zero-order valence-electron chi connectivity index (χ0n) is 8.99. The molecule has 0 aliphatic heterocycles. The standard InChI is InChI=1S/C13H11BrFNS/c14-11-7-10(15)6-5-9(11)8-17-13-4-2-1-3-12(13)16/h1-7H,8,16H2. The van der Waals surface area contributed by atoms with Gasteiger partial charge in [0.25, 0.3) is 0 Å². The van der Waals surface area contributed by atoms with Crippen LogP contribution in [0.15, 0.2) is 51.8 Å². The van der Waals surface area contributed by atoms with E-state index in [0.717, 1.165) is 26.4 Å². The normalized spacial score (nSPS) is 10.5. The molecule has 0 heterocycles. The van der Waals surface area contributed by atoms with Crippen molar-refractivity contribution in [2.24, 2.45) is 0 Å². The van der Waals surface area contributed by atoms with Crippen LogP contribution < -0.4 is 5.73 Å². The second-order valence-corrected chi connectivity index (χ2v) is 5.43. The van der Waals surface area contributed by atoms with Crippen LogP contribution in [0.25, 0.3) is 0 Å². The predicted octanol–water partition coefficient (Wildman–Crippen LogP) is 4.46. The van der Waals surface area contributed by atoms with Gasteiger partial charge in [-0.05, 0) is 29.8 Å². The lowest BCUT2D eigenvalue weighted by Crippen LogP contribution is -1.89.